The number of nitrogens with one attached hydrogen (secondary N) is 2. The molecule has 2 aromatic rings. The molecule has 0 aliphatic carbocycles. The number of methoxy groups -OCH3 is 2. The van der Waals surface area contributed by atoms with Gasteiger partial charge >= 0.3 is 12.0 Å². The third-order valence-corrected chi connectivity index (χ3v) is 5.16. The highest BCUT2D eigenvalue weighted by Crippen LogP contribution is 2.30. The minimum Gasteiger partial charge on any atom is -0.493 e. The summed E-state index contributed by atoms with van der Waals surface area (Å²) in [7, 11) is 3.18. The van der Waals surface area contributed by atoms with Gasteiger partial charge in [0.05, 0.1) is 32.7 Å². The minimum atomic E-state index is -0.729. The number of esters is 1. The molecule has 32 heavy (non-hydrogen) atoms. The van der Waals surface area contributed by atoms with Crippen LogP contribution in [0.2, 0.25) is 0 Å². The largest absolute Gasteiger partial charge is 0.493 e. The minimum absolute atomic E-state index is 0.220. The zero-order valence-corrected chi connectivity index (χ0v) is 18.8. The Kier molecular flexibility index (Phi) is 7.77. The first kappa shape index (κ1) is 23.2. The lowest BCUT2D eigenvalue weighted by molar-refractivity contribution is -0.139. The number of likely N-dealkylation sites (N-methyl/N-ethyl adjacent to an activating group) is 1. The van der Waals surface area contributed by atoms with Gasteiger partial charge in [-0.3, -0.25) is 4.90 Å². The van der Waals surface area contributed by atoms with Crippen LogP contribution in [0, 0.1) is 0 Å². The number of rotatable bonds is 10. The Morgan fingerprint density at radius 3 is 2.53 bits per heavy atom. The molecule has 9 heteroatoms. The van der Waals surface area contributed by atoms with E-state index in [2.05, 4.69) is 15.5 Å². The van der Waals surface area contributed by atoms with Crippen molar-refractivity contribution in [2.45, 2.75) is 26.4 Å². The van der Waals surface area contributed by atoms with Gasteiger partial charge in [0.15, 0.2) is 11.5 Å². The summed E-state index contributed by atoms with van der Waals surface area (Å²) in [6, 6.07) is 8.01. The van der Waals surface area contributed by atoms with Crippen LogP contribution in [0.5, 0.6) is 11.5 Å². The molecule has 0 saturated heterocycles. The van der Waals surface area contributed by atoms with E-state index in [1.165, 1.54) is 6.26 Å². The van der Waals surface area contributed by atoms with Crippen LogP contribution in [-0.4, -0.2) is 50.8 Å². The van der Waals surface area contributed by atoms with Crippen molar-refractivity contribution in [2.24, 2.45) is 0 Å². The number of carbonyl (C=O) groups is 2. The summed E-state index contributed by atoms with van der Waals surface area (Å²) in [5.41, 5.74) is 1.81. The number of carbonyl (C=O) groups excluding carboxylic acids is 2. The molecule has 1 unspecified atom stereocenters. The van der Waals surface area contributed by atoms with Gasteiger partial charge in [-0.25, -0.2) is 9.59 Å². The summed E-state index contributed by atoms with van der Waals surface area (Å²) in [4.78, 5) is 27.3. The molecule has 0 bridgehead atoms. The monoisotopic (exact) mass is 443 g/mol. The van der Waals surface area contributed by atoms with Gasteiger partial charge in [-0.1, -0.05) is 13.0 Å². The number of urea groups is 1. The van der Waals surface area contributed by atoms with E-state index in [1.807, 2.05) is 25.1 Å². The Hall–Kier alpha value is -3.46. The SMILES string of the molecule is CCOC(=O)C1=C(CN(CC)Cc2ccc(OC)c(OC)c2)NC(=O)NC1c1ccco1. The lowest BCUT2D eigenvalue weighted by atomic mass is 9.99. The fraction of sp³-hybridized carbons (Fsp3) is 0.391. The number of amides is 2. The van der Waals surface area contributed by atoms with Crippen molar-refractivity contribution in [3.05, 3.63) is 59.2 Å². The highest BCUT2D eigenvalue weighted by Gasteiger charge is 2.35. The number of furan rings is 1. The fourth-order valence-corrected chi connectivity index (χ4v) is 3.60. The van der Waals surface area contributed by atoms with Crippen LogP contribution in [0.15, 0.2) is 52.3 Å². The first-order valence-corrected chi connectivity index (χ1v) is 10.4. The molecule has 1 aromatic heterocycles. The Labute approximate surface area is 187 Å². The summed E-state index contributed by atoms with van der Waals surface area (Å²) in [5.74, 6) is 1.25. The molecule has 0 saturated carbocycles. The molecular formula is C23H29N3O6. The Bertz CT molecular complexity index is 970. The van der Waals surface area contributed by atoms with Gasteiger partial charge in [0.25, 0.3) is 0 Å². The van der Waals surface area contributed by atoms with Gasteiger partial charge in [0, 0.05) is 18.8 Å². The standard InChI is InChI=1S/C23H29N3O6/c1-5-26(13-15-9-10-17(29-3)19(12-15)30-4)14-16-20(22(27)31-6-2)21(25-23(28)24-16)18-8-7-11-32-18/h7-12,21H,5-6,13-14H2,1-4H3,(H2,24,25,28). The molecule has 3 rings (SSSR count). The topological polar surface area (TPSA) is 102 Å². The summed E-state index contributed by atoms with van der Waals surface area (Å²) < 4.78 is 21.5. The van der Waals surface area contributed by atoms with E-state index < -0.39 is 18.0 Å². The zero-order chi connectivity index (χ0) is 23.1. The molecule has 0 spiro atoms. The summed E-state index contributed by atoms with van der Waals surface area (Å²) in [6.45, 7) is 5.57. The highest BCUT2D eigenvalue weighted by molar-refractivity contribution is 5.95. The summed E-state index contributed by atoms with van der Waals surface area (Å²) in [5, 5.41) is 5.55. The quantitative estimate of drug-likeness (QED) is 0.544. The predicted octanol–water partition coefficient (Wildman–Crippen LogP) is 2.99. The second-order valence-electron chi connectivity index (χ2n) is 7.15. The van der Waals surface area contributed by atoms with Crippen molar-refractivity contribution in [3.8, 4) is 11.5 Å². The van der Waals surface area contributed by atoms with E-state index in [0.29, 0.717) is 48.2 Å². The smallest absolute Gasteiger partial charge is 0.338 e. The number of benzene rings is 1. The molecule has 9 nitrogen and oxygen atoms in total. The van der Waals surface area contributed by atoms with E-state index in [1.54, 1.807) is 33.3 Å². The maximum atomic E-state index is 12.8. The summed E-state index contributed by atoms with van der Waals surface area (Å²) in [6.07, 6.45) is 1.50. The van der Waals surface area contributed by atoms with Crippen molar-refractivity contribution in [3.63, 3.8) is 0 Å². The normalized spacial score (nSPS) is 15.9. The molecule has 2 amide bonds. The number of nitrogens with zero attached hydrogens (tertiary/aromatic N) is 1. The van der Waals surface area contributed by atoms with Gasteiger partial charge in [-0.15, -0.1) is 0 Å². The maximum absolute atomic E-state index is 12.8. The summed E-state index contributed by atoms with van der Waals surface area (Å²) >= 11 is 0. The number of hydrogen-bond acceptors (Lipinski definition) is 7. The first-order valence-electron chi connectivity index (χ1n) is 10.4. The van der Waals surface area contributed by atoms with Gasteiger partial charge < -0.3 is 29.3 Å². The molecule has 2 heterocycles. The molecule has 0 radical (unpaired) electrons. The Balaban J connectivity index is 1.91. The lowest BCUT2D eigenvalue weighted by Gasteiger charge is -2.31. The van der Waals surface area contributed by atoms with Crippen molar-refractivity contribution < 1.29 is 28.2 Å². The first-order chi connectivity index (χ1) is 15.5. The molecule has 1 atom stereocenters. The second kappa shape index (κ2) is 10.7. The van der Waals surface area contributed by atoms with Gasteiger partial charge in [-0.05, 0) is 43.3 Å². The fourth-order valence-electron chi connectivity index (χ4n) is 3.60. The second-order valence-corrected chi connectivity index (χ2v) is 7.15. The molecule has 172 valence electrons. The van der Waals surface area contributed by atoms with Gasteiger partial charge in [0.2, 0.25) is 0 Å². The van der Waals surface area contributed by atoms with Crippen LogP contribution in [-0.2, 0) is 16.1 Å². The van der Waals surface area contributed by atoms with Gasteiger partial charge in [0.1, 0.15) is 11.8 Å². The molecule has 0 fully saturated rings. The highest BCUT2D eigenvalue weighted by atomic mass is 16.5. The molecule has 2 N–H and O–H groups in total. The van der Waals surface area contributed by atoms with Crippen molar-refractivity contribution >= 4 is 12.0 Å². The number of hydrogen-bond donors (Lipinski definition) is 2. The van der Waals surface area contributed by atoms with E-state index in [4.69, 9.17) is 18.6 Å². The van der Waals surface area contributed by atoms with Crippen molar-refractivity contribution in [1.82, 2.24) is 15.5 Å². The predicted molar refractivity (Wildman–Crippen MR) is 117 cm³/mol. The Morgan fingerprint density at radius 2 is 1.91 bits per heavy atom. The lowest BCUT2D eigenvalue weighted by Crippen LogP contribution is -2.48. The Morgan fingerprint density at radius 1 is 1.12 bits per heavy atom. The van der Waals surface area contributed by atoms with Gasteiger partial charge in [-0.2, -0.15) is 0 Å². The molecular weight excluding hydrogens is 414 g/mol. The van der Waals surface area contributed by atoms with Crippen LogP contribution < -0.4 is 20.1 Å². The average molecular weight is 444 g/mol. The molecule has 1 aliphatic heterocycles. The van der Waals surface area contributed by atoms with Crippen LogP contribution in [0.1, 0.15) is 31.2 Å². The third-order valence-electron chi connectivity index (χ3n) is 5.16. The van der Waals surface area contributed by atoms with E-state index >= 15 is 0 Å². The van der Waals surface area contributed by atoms with Crippen LogP contribution >= 0.6 is 0 Å². The van der Waals surface area contributed by atoms with Crippen LogP contribution in [0.25, 0.3) is 0 Å². The zero-order valence-electron chi connectivity index (χ0n) is 18.8. The van der Waals surface area contributed by atoms with Crippen LogP contribution in [0.4, 0.5) is 4.79 Å². The third kappa shape index (κ3) is 5.23. The van der Waals surface area contributed by atoms with Crippen molar-refractivity contribution in [1.29, 1.82) is 0 Å². The van der Waals surface area contributed by atoms with E-state index in [9.17, 15) is 9.59 Å². The molecule has 1 aromatic carbocycles. The maximum Gasteiger partial charge on any atom is 0.338 e. The van der Waals surface area contributed by atoms with Crippen LogP contribution in [0.3, 0.4) is 0 Å². The van der Waals surface area contributed by atoms with E-state index in [-0.39, 0.29) is 6.61 Å². The average Bonchev–Trinajstić information content (AvgIpc) is 3.33. The molecule has 1 aliphatic rings. The number of ether oxygens (including phenoxy) is 3. The van der Waals surface area contributed by atoms with Crippen molar-refractivity contribution in [2.75, 3.05) is 33.9 Å². The van der Waals surface area contributed by atoms with E-state index in [0.717, 1.165) is 5.56 Å².